The fourth-order valence-electron chi connectivity index (χ4n) is 5.12. The second kappa shape index (κ2) is 18.7. The Kier molecular flexibility index (Phi) is 14.8. The highest BCUT2D eigenvalue weighted by molar-refractivity contribution is 6.30. The van der Waals surface area contributed by atoms with Crippen molar-refractivity contribution >= 4 is 35.2 Å². The van der Waals surface area contributed by atoms with E-state index in [4.69, 9.17) is 23.1 Å². The van der Waals surface area contributed by atoms with Crippen LogP contribution >= 0.6 is 11.6 Å². The van der Waals surface area contributed by atoms with Gasteiger partial charge < -0.3 is 37.6 Å². The van der Waals surface area contributed by atoms with E-state index < -0.39 is 54.0 Å². The number of benzene rings is 3. The van der Waals surface area contributed by atoms with E-state index in [1.165, 1.54) is 12.1 Å². The maximum atomic E-state index is 14.0. The molecule has 4 amide bonds. The van der Waals surface area contributed by atoms with Crippen molar-refractivity contribution in [2.45, 2.75) is 69.9 Å². The summed E-state index contributed by atoms with van der Waals surface area (Å²) in [6, 6.07) is 18.1. The molecule has 0 saturated carbocycles. The molecule has 3 aromatic rings. The second-order valence-corrected chi connectivity index (χ2v) is 12.5. The molecule has 0 bridgehead atoms. The minimum absolute atomic E-state index is 0.0200. The molecule has 0 fully saturated rings. The van der Waals surface area contributed by atoms with Crippen molar-refractivity contribution in [1.29, 1.82) is 0 Å². The summed E-state index contributed by atoms with van der Waals surface area (Å²) >= 11 is 6.08. The number of aromatic hydroxyl groups is 1. The number of halogens is 1. The van der Waals surface area contributed by atoms with Crippen LogP contribution in [0.4, 0.5) is 0 Å². The lowest BCUT2D eigenvalue weighted by molar-refractivity contribution is -0.132. The largest absolute Gasteiger partial charge is 0.508 e. The molecule has 0 radical (unpaired) electrons. The standard InChI is InChI=1S/C35H45ClN6O6/c1-21(2)16-28(39-31(44)20-37)33(46)41-30(19-24-10-14-26(43)15-11-24)35(48)42-29(18-23-8-12-25(36)13-9-23)34(47)40-27(32(38)45)17-22-6-4-3-5-7-22/h3-15,21,27-30,34,40,43,47H,16-20,37H2,1-2H3,(H2,38,45)(H,39,44)(H,41,46)(H,42,48). The van der Waals surface area contributed by atoms with Gasteiger partial charge in [-0.1, -0.05) is 80.0 Å². The van der Waals surface area contributed by atoms with E-state index >= 15 is 0 Å². The molecule has 5 unspecified atom stereocenters. The van der Waals surface area contributed by atoms with Gasteiger partial charge in [0.25, 0.3) is 0 Å². The summed E-state index contributed by atoms with van der Waals surface area (Å²) < 4.78 is 0. The third-order valence-corrected chi connectivity index (χ3v) is 7.88. The summed E-state index contributed by atoms with van der Waals surface area (Å²) in [6.45, 7) is 3.47. The van der Waals surface area contributed by atoms with Gasteiger partial charge in [-0.25, -0.2) is 0 Å². The van der Waals surface area contributed by atoms with Gasteiger partial charge in [-0.3, -0.25) is 24.5 Å². The minimum Gasteiger partial charge on any atom is -0.508 e. The van der Waals surface area contributed by atoms with Crippen LogP contribution in [0.25, 0.3) is 0 Å². The first-order valence-electron chi connectivity index (χ1n) is 15.7. The summed E-state index contributed by atoms with van der Waals surface area (Å²) in [5, 5.41) is 32.8. The Labute approximate surface area is 285 Å². The van der Waals surface area contributed by atoms with Crippen LogP contribution in [0.5, 0.6) is 5.75 Å². The molecule has 5 atom stereocenters. The number of rotatable bonds is 18. The average Bonchev–Trinajstić information content (AvgIpc) is 3.05. The van der Waals surface area contributed by atoms with Crippen molar-refractivity contribution in [3.8, 4) is 5.75 Å². The molecule has 0 aliphatic heterocycles. The number of hydrogen-bond donors (Lipinski definition) is 8. The lowest BCUT2D eigenvalue weighted by atomic mass is 9.99. The van der Waals surface area contributed by atoms with E-state index in [1.807, 2.05) is 44.2 Å². The van der Waals surface area contributed by atoms with Gasteiger partial charge in [0.2, 0.25) is 23.6 Å². The number of primary amides is 1. The van der Waals surface area contributed by atoms with Crippen LogP contribution in [0.15, 0.2) is 78.9 Å². The highest BCUT2D eigenvalue weighted by atomic mass is 35.5. The number of phenolic OH excluding ortho intramolecular Hbond substituents is 1. The van der Waals surface area contributed by atoms with Gasteiger partial charge in [0.15, 0.2) is 0 Å². The number of aliphatic hydroxyl groups is 1. The molecule has 0 spiro atoms. The third-order valence-electron chi connectivity index (χ3n) is 7.63. The first kappa shape index (κ1) is 38.0. The Bertz CT molecular complexity index is 1490. The lowest BCUT2D eigenvalue weighted by Crippen LogP contribution is -2.60. The third kappa shape index (κ3) is 12.6. The van der Waals surface area contributed by atoms with Crippen molar-refractivity contribution in [3.05, 3.63) is 101 Å². The molecule has 3 aromatic carbocycles. The van der Waals surface area contributed by atoms with Crippen molar-refractivity contribution in [1.82, 2.24) is 21.3 Å². The molecule has 10 N–H and O–H groups in total. The fourth-order valence-corrected chi connectivity index (χ4v) is 5.24. The predicted octanol–water partition coefficient (Wildman–Crippen LogP) is 1.29. The maximum absolute atomic E-state index is 14.0. The summed E-state index contributed by atoms with van der Waals surface area (Å²) in [7, 11) is 0. The summed E-state index contributed by atoms with van der Waals surface area (Å²) in [5.74, 6) is -2.38. The number of nitrogens with one attached hydrogen (secondary N) is 4. The van der Waals surface area contributed by atoms with E-state index in [0.29, 0.717) is 17.0 Å². The maximum Gasteiger partial charge on any atom is 0.243 e. The van der Waals surface area contributed by atoms with Gasteiger partial charge in [-0.15, -0.1) is 0 Å². The first-order valence-corrected chi connectivity index (χ1v) is 16.1. The lowest BCUT2D eigenvalue weighted by Gasteiger charge is -2.30. The molecule has 0 heterocycles. The van der Waals surface area contributed by atoms with Crippen molar-refractivity contribution < 1.29 is 29.4 Å². The van der Waals surface area contributed by atoms with Crippen molar-refractivity contribution in [2.75, 3.05) is 6.54 Å². The molecular weight excluding hydrogens is 636 g/mol. The predicted molar refractivity (Wildman–Crippen MR) is 184 cm³/mol. The molecule has 0 saturated heterocycles. The van der Waals surface area contributed by atoms with Gasteiger partial charge in [-0.05, 0) is 66.1 Å². The number of carbonyl (C=O) groups is 4. The molecular formula is C35H45ClN6O6. The zero-order valence-electron chi connectivity index (χ0n) is 27.1. The van der Waals surface area contributed by atoms with Gasteiger partial charge >= 0.3 is 0 Å². The Balaban J connectivity index is 1.90. The van der Waals surface area contributed by atoms with Crippen LogP contribution in [0.3, 0.4) is 0 Å². The molecule has 12 nitrogen and oxygen atoms in total. The molecule has 0 aromatic heterocycles. The summed E-state index contributed by atoms with van der Waals surface area (Å²) in [6.07, 6.45) is -0.820. The minimum atomic E-state index is -1.45. The van der Waals surface area contributed by atoms with Crippen LogP contribution in [-0.4, -0.2) is 70.8 Å². The summed E-state index contributed by atoms with van der Waals surface area (Å²) in [5.41, 5.74) is 13.3. The van der Waals surface area contributed by atoms with E-state index in [-0.39, 0.29) is 37.5 Å². The number of nitrogens with two attached hydrogens (primary N) is 2. The normalized spacial score (nSPS) is 14.3. The molecule has 48 heavy (non-hydrogen) atoms. The SMILES string of the molecule is CC(C)CC(NC(=O)CN)C(=O)NC(Cc1ccc(O)cc1)C(=O)NC(Cc1ccc(Cl)cc1)C(O)NC(Cc1ccccc1)C(N)=O. The Morgan fingerprint density at radius 3 is 1.85 bits per heavy atom. The van der Waals surface area contributed by atoms with E-state index in [1.54, 1.807) is 36.4 Å². The first-order chi connectivity index (χ1) is 22.8. The van der Waals surface area contributed by atoms with Crippen LogP contribution in [0, 0.1) is 5.92 Å². The van der Waals surface area contributed by atoms with Crippen molar-refractivity contribution in [3.63, 3.8) is 0 Å². The molecule has 0 aliphatic rings. The van der Waals surface area contributed by atoms with Gasteiger partial charge in [0, 0.05) is 11.4 Å². The topological polar surface area (TPSA) is 209 Å². The second-order valence-electron chi connectivity index (χ2n) is 12.1. The van der Waals surface area contributed by atoms with Crippen molar-refractivity contribution in [2.24, 2.45) is 17.4 Å². The fraction of sp³-hybridized carbons (Fsp3) is 0.371. The van der Waals surface area contributed by atoms with Crippen LogP contribution < -0.4 is 32.7 Å². The number of aliphatic hydroxyl groups excluding tert-OH is 1. The number of carbonyl (C=O) groups excluding carboxylic acids is 4. The number of hydrogen-bond acceptors (Lipinski definition) is 8. The number of amides is 4. The Hall–Kier alpha value is -4.49. The monoisotopic (exact) mass is 680 g/mol. The van der Waals surface area contributed by atoms with Gasteiger partial charge in [0.1, 0.15) is 24.1 Å². The Morgan fingerprint density at radius 1 is 0.729 bits per heavy atom. The zero-order valence-corrected chi connectivity index (χ0v) is 27.8. The number of phenols is 1. The molecule has 3 rings (SSSR count). The highest BCUT2D eigenvalue weighted by Gasteiger charge is 2.32. The quantitative estimate of drug-likeness (QED) is 0.0916. The molecule has 258 valence electrons. The van der Waals surface area contributed by atoms with Crippen LogP contribution in [0.2, 0.25) is 5.02 Å². The van der Waals surface area contributed by atoms with Gasteiger partial charge in [-0.2, -0.15) is 0 Å². The average molecular weight is 681 g/mol. The van der Waals surface area contributed by atoms with E-state index in [0.717, 1.165) is 11.1 Å². The van der Waals surface area contributed by atoms with E-state index in [9.17, 15) is 29.4 Å². The highest BCUT2D eigenvalue weighted by Crippen LogP contribution is 2.15. The van der Waals surface area contributed by atoms with E-state index in [2.05, 4.69) is 21.3 Å². The van der Waals surface area contributed by atoms with Crippen LogP contribution in [-0.2, 0) is 38.4 Å². The Morgan fingerprint density at radius 2 is 1.27 bits per heavy atom. The molecule has 13 heteroatoms. The zero-order chi connectivity index (χ0) is 35.2. The van der Waals surface area contributed by atoms with Gasteiger partial charge in [0.05, 0.1) is 18.6 Å². The molecule has 0 aliphatic carbocycles. The smallest absolute Gasteiger partial charge is 0.243 e. The summed E-state index contributed by atoms with van der Waals surface area (Å²) in [4.78, 5) is 52.1. The van der Waals surface area contributed by atoms with Crippen LogP contribution in [0.1, 0.15) is 37.0 Å².